The number of benzene rings is 1. The minimum Gasteiger partial charge on any atom is -0.431 e. The van der Waals surface area contributed by atoms with Gasteiger partial charge in [-0.3, -0.25) is 4.79 Å². The molecule has 0 bridgehead atoms. The van der Waals surface area contributed by atoms with E-state index in [9.17, 15) is 9.59 Å². The van der Waals surface area contributed by atoms with Crippen molar-refractivity contribution < 1.29 is 14.3 Å². The number of esters is 1. The van der Waals surface area contributed by atoms with E-state index in [0.29, 0.717) is 23.6 Å². The maximum Gasteiger partial charge on any atom is 0.343 e. The molecule has 0 unspecified atom stereocenters. The third-order valence-electron chi connectivity index (χ3n) is 4.64. The van der Waals surface area contributed by atoms with Crippen LogP contribution in [0.5, 0.6) is 0 Å². The molecule has 0 spiro atoms. The standard InChI is InChI=1S/C20H14N4O3/c25-17-7-12-9-21-20(24-18(12)14-3-1-2-4-16(14)23-17)22-13-6-5-11-10-27-19(26)15(11)8-13/h1-4,6,8-10H,5,7H2,(H,23,25)(H,21,22,24). The highest BCUT2D eigenvalue weighted by Gasteiger charge is 2.25. The van der Waals surface area contributed by atoms with Gasteiger partial charge in [-0.1, -0.05) is 24.3 Å². The Morgan fingerprint density at radius 3 is 3.00 bits per heavy atom. The molecule has 132 valence electrons. The number of ether oxygens (including phenoxy) is 1. The molecule has 5 rings (SSSR count). The van der Waals surface area contributed by atoms with Crippen LogP contribution >= 0.6 is 0 Å². The minimum atomic E-state index is -0.348. The summed E-state index contributed by atoms with van der Waals surface area (Å²) in [7, 11) is 0. The molecule has 0 saturated heterocycles. The monoisotopic (exact) mass is 358 g/mol. The Bertz CT molecular complexity index is 1100. The highest BCUT2D eigenvalue weighted by atomic mass is 16.5. The summed E-state index contributed by atoms with van der Waals surface area (Å²) >= 11 is 0. The van der Waals surface area contributed by atoms with Crippen LogP contribution in [0.1, 0.15) is 12.0 Å². The van der Waals surface area contributed by atoms with Gasteiger partial charge in [-0.2, -0.15) is 0 Å². The zero-order valence-electron chi connectivity index (χ0n) is 14.2. The predicted octanol–water partition coefficient (Wildman–Crippen LogP) is 2.70. The number of fused-ring (bicyclic) bond motifs is 4. The quantitative estimate of drug-likeness (QED) is 0.802. The topological polar surface area (TPSA) is 93.2 Å². The van der Waals surface area contributed by atoms with Gasteiger partial charge in [-0.05, 0) is 18.6 Å². The van der Waals surface area contributed by atoms with E-state index in [4.69, 9.17) is 4.74 Å². The summed E-state index contributed by atoms with van der Waals surface area (Å²) in [5.41, 5.74) is 5.21. The molecule has 2 aromatic rings. The molecular weight excluding hydrogens is 344 g/mol. The largest absolute Gasteiger partial charge is 0.431 e. The van der Waals surface area contributed by atoms with Crippen molar-refractivity contribution >= 4 is 23.5 Å². The number of nitrogens with one attached hydrogen (secondary N) is 2. The van der Waals surface area contributed by atoms with Gasteiger partial charge in [0.1, 0.15) is 0 Å². The highest BCUT2D eigenvalue weighted by molar-refractivity contribution is 6.00. The Balaban J connectivity index is 1.51. The van der Waals surface area contributed by atoms with Crippen molar-refractivity contribution in [3.05, 3.63) is 71.3 Å². The summed E-state index contributed by atoms with van der Waals surface area (Å²) in [5, 5.41) is 6.04. The fourth-order valence-electron chi connectivity index (χ4n) is 3.34. The van der Waals surface area contributed by atoms with E-state index in [0.717, 1.165) is 28.1 Å². The minimum absolute atomic E-state index is 0.0932. The molecule has 1 aromatic heterocycles. The second kappa shape index (κ2) is 5.91. The SMILES string of the molecule is O=C1Cc2cnc(NC3=CCC4=COC(=O)C4=C3)nc2-c2ccccc2N1. The van der Waals surface area contributed by atoms with E-state index in [-0.39, 0.29) is 18.3 Å². The molecule has 1 aliphatic carbocycles. The molecule has 7 heteroatoms. The summed E-state index contributed by atoms with van der Waals surface area (Å²) in [6, 6.07) is 7.55. The second-order valence-corrected chi connectivity index (χ2v) is 6.43. The Kier molecular flexibility index (Phi) is 3.39. The molecule has 27 heavy (non-hydrogen) atoms. The number of rotatable bonds is 2. The van der Waals surface area contributed by atoms with E-state index in [1.165, 1.54) is 6.26 Å². The molecule has 0 radical (unpaired) electrons. The van der Waals surface area contributed by atoms with Crippen molar-refractivity contribution in [3.8, 4) is 11.3 Å². The zero-order chi connectivity index (χ0) is 18.4. The molecular formula is C20H14N4O3. The van der Waals surface area contributed by atoms with Crippen molar-refractivity contribution in [3.63, 3.8) is 0 Å². The first-order valence-electron chi connectivity index (χ1n) is 8.52. The van der Waals surface area contributed by atoms with E-state index < -0.39 is 0 Å². The molecule has 3 aliphatic rings. The van der Waals surface area contributed by atoms with Crippen LogP contribution in [-0.2, 0) is 20.7 Å². The summed E-state index contributed by atoms with van der Waals surface area (Å²) in [6.07, 6.45) is 7.66. The summed E-state index contributed by atoms with van der Waals surface area (Å²) in [6.45, 7) is 0. The molecule has 0 atom stereocenters. The number of amides is 1. The summed E-state index contributed by atoms with van der Waals surface area (Å²) in [5.74, 6) is -0.0390. The van der Waals surface area contributed by atoms with E-state index in [2.05, 4.69) is 20.6 Å². The fourth-order valence-corrected chi connectivity index (χ4v) is 3.34. The van der Waals surface area contributed by atoms with Gasteiger partial charge in [-0.25, -0.2) is 14.8 Å². The lowest BCUT2D eigenvalue weighted by Crippen LogP contribution is -2.13. The van der Waals surface area contributed by atoms with Crippen molar-refractivity contribution in [2.24, 2.45) is 0 Å². The number of para-hydroxylation sites is 1. The van der Waals surface area contributed by atoms with Crippen LogP contribution in [0, 0.1) is 0 Å². The van der Waals surface area contributed by atoms with Crippen LogP contribution in [-0.4, -0.2) is 21.8 Å². The molecule has 0 fully saturated rings. The number of aromatic nitrogens is 2. The van der Waals surface area contributed by atoms with Gasteiger partial charge in [0, 0.05) is 28.6 Å². The lowest BCUT2D eigenvalue weighted by molar-refractivity contribution is -0.132. The van der Waals surface area contributed by atoms with Crippen LogP contribution in [0.25, 0.3) is 11.3 Å². The van der Waals surface area contributed by atoms with Crippen molar-refractivity contribution in [1.29, 1.82) is 0 Å². The molecule has 1 aromatic carbocycles. The first kappa shape index (κ1) is 15.5. The summed E-state index contributed by atoms with van der Waals surface area (Å²) in [4.78, 5) is 32.8. The smallest absolute Gasteiger partial charge is 0.343 e. The van der Waals surface area contributed by atoms with Crippen molar-refractivity contribution in [2.75, 3.05) is 10.6 Å². The number of carbonyl (C=O) groups excluding carboxylic acids is 2. The molecule has 2 N–H and O–H groups in total. The Hall–Kier alpha value is -3.74. The summed E-state index contributed by atoms with van der Waals surface area (Å²) < 4.78 is 4.94. The number of hydrogen-bond acceptors (Lipinski definition) is 6. The van der Waals surface area contributed by atoms with Gasteiger partial charge in [0.2, 0.25) is 11.9 Å². The third kappa shape index (κ3) is 2.69. The first-order valence-corrected chi connectivity index (χ1v) is 8.52. The average Bonchev–Trinajstić information content (AvgIpc) is 2.96. The number of nitrogens with zero attached hydrogens (tertiary/aromatic N) is 2. The van der Waals surface area contributed by atoms with Crippen LogP contribution in [0.15, 0.2) is 65.7 Å². The Labute approximate surface area is 154 Å². The Morgan fingerprint density at radius 2 is 2.07 bits per heavy atom. The van der Waals surface area contributed by atoms with Crippen LogP contribution < -0.4 is 10.6 Å². The lowest BCUT2D eigenvalue weighted by atomic mass is 9.99. The molecule has 1 amide bonds. The maximum atomic E-state index is 12.1. The van der Waals surface area contributed by atoms with Gasteiger partial charge >= 0.3 is 5.97 Å². The number of allylic oxidation sites excluding steroid dienone is 2. The maximum absolute atomic E-state index is 12.1. The fraction of sp³-hybridized carbons (Fsp3) is 0.100. The second-order valence-electron chi connectivity index (χ2n) is 6.43. The predicted molar refractivity (Wildman–Crippen MR) is 98.4 cm³/mol. The highest BCUT2D eigenvalue weighted by Crippen LogP contribution is 2.33. The van der Waals surface area contributed by atoms with Crippen LogP contribution in [0.3, 0.4) is 0 Å². The Morgan fingerprint density at radius 1 is 1.19 bits per heavy atom. The molecule has 7 nitrogen and oxygen atoms in total. The molecule has 0 saturated carbocycles. The number of cyclic esters (lactones) is 1. The number of anilines is 2. The van der Waals surface area contributed by atoms with Gasteiger partial charge in [-0.15, -0.1) is 0 Å². The number of carbonyl (C=O) groups is 2. The average molecular weight is 358 g/mol. The first-order chi connectivity index (χ1) is 13.2. The van der Waals surface area contributed by atoms with E-state index in [1.807, 2.05) is 30.3 Å². The molecule has 2 aliphatic heterocycles. The van der Waals surface area contributed by atoms with Crippen molar-refractivity contribution in [2.45, 2.75) is 12.8 Å². The van der Waals surface area contributed by atoms with E-state index >= 15 is 0 Å². The van der Waals surface area contributed by atoms with Crippen molar-refractivity contribution in [1.82, 2.24) is 9.97 Å². The van der Waals surface area contributed by atoms with E-state index in [1.54, 1.807) is 12.3 Å². The van der Waals surface area contributed by atoms with Gasteiger partial charge in [0.15, 0.2) is 0 Å². The van der Waals surface area contributed by atoms with Crippen LogP contribution in [0.4, 0.5) is 11.6 Å². The van der Waals surface area contributed by atoms with Gasteiger partial charge < -0.3 is 15.4 Å². The molecule has 3 heterocycles. The van der Waals surface area contributed by atoms with Gasteiger partial charge in [0.25, 0.3) is 0 Å². The van der Waals surface area contributed by atoms with Gasteiger partial charge in [0.05, 0.1) is 29.6 Å². The normalized spacial score (nSPS) is 17.3. The number of hydrogen-bond donors (Lipinski definition) is 2. The lowest BCUT2D eigenvalue weighted by Gasteiger charge is -2.13. The van der Waals surface area contributed by atoms with Crippen LogP contribution in [0.2, 0.25) is 0 Å². The zero-order valence-corrected chi connectivity index (χ0v) is 14.2. The third-order valence-corrected chi connectivity index (χ3v) is 4.64.